The Kier molecular flexibility index (Phi) is 9.92. The van der Waals surface area contributed by atoms with Crippen molar-refractivity contribution in [2.75, 3.05) is 0 Å². The number of carbonyl (C=O) groups excluding carboxylic acids is 3. The summed E-state index contributed by atoms with van der Waals surface area (Å²) in [5, 5.41) is 0. The molecule has 0 aromatic carbocycles. The molecule has 7 nitrogen and oxygen atoms in total. The van der Waals surface area contributed by atoms with Crippen molar-refractivity contribution < 1.29 is 28.6 Å². The molecule has 28 heavy (non-hydrogen) atoms. The molecule has 1 fully saturated rings. The smallest absolute Gasteiger partial charge is 0.335 e. The monoisotopic (exact) mass is 391 g/mol. The molecule has 1 aliphatic rings. The second kappa shape index (κ2) is 11.9. The number of rotatable bonds is 11. The third-order valence-electron chi connectivity index (χ3n) is 4.75. The number of esters is 2. The number of Topliss-reactive ketones (excluding diaryl/α,β-unsaturated/α-hetero) is 1. The molecule has 0 radical (unpaired) electrons. The van der Waals surface area contributed by atoms with E-state index in [9.17, 15) is 14.4 Å². The summed E-state index contributed by atoms with van der Waals surface area (Å²) in [6, 6.07) is 0.106. The first-order valence-corrected chi connectivity index (χ1v) is 9.30. The molecule has 0 aliphatic heterocycles. The topological polar surface area (TPSA) is 91.3 Å². The average Bonchev–Trinajstić information content (AvgIpc) is 2.68. The van der Waals surface area contributed by atoms with Crippen LogP contribution in [0.5, 0.6) is 0 Å². The summed E-state index contributed by atoms with van der Waals surface area (Å²) in [5.41, 5.74) is -0.00654. The van der Waals surface area contributed by atoms with Crippen molar-refractivity contribution in [3.05, 3.63) is 37.8 Å². The van der Waals surface area contributed by atoms with Gasteiger partial charge in [-0.15, -0.1) is 0 Å². The predicted molar refractivity (Wildman–Crippen MR) is 105 cm³/mol. The molecule has 0 bridgehead atoms. The lowest BCUT2D eigenvalue weighted by molar-refractivity contribution is -0.149. The molecule has 0 N–H and O–H groups in total. The molecule has 0 heterocycles. The minimum Gasteiger partial charge on any atom is -0.452 e. The molecule has 0 amide bonds. The third-order valence-corrected chi connectivity index (χ3v) is 4.75. The van der Waals surface area contributed by atoms with Gasteiger partial charge in [-0.3, -0.25) is 9.79 Å². The Labute approximate surface area is 166 Å². The van der Waals surface area contributed by atoms with E-state index in [1.807, 2.05) is 0 Å². The number of carbonyl (C=O) groups is 3. The Balaban J connectivity index is 2.43. The highest BCUT2D eigenvalue weighted by atomic mass is 16.5. The first-order chi connectivity index (χ1) is 13.3. The van der Waals surface area contributed by atoms with Gasteiger partial charge in [-0.2, -0.15) is 0 Å². The van der Waals surface area contributed by atoms with Gasteiger partial charge in [-0.05, 0) is 38.0 Å². The average molecular weight is 391 g/mol. The third kappa shape index (κ3) is 8.79. The first kappa shape index (κ1) is 23.3. The Morgan fingerprint density at radius 2 is 1.93 bits per heavy atom. The molecule has 1 aliphatic carbocycles. The van der Waals surface area contributed by atoms with E-state index in [0.717, 1.165) is 44.1 Å². The fraction of sp³-hybridized carbons (Fsp3) is 0.524. The van der Waals surface area contributed by atoms with E-state index in [1.54, 1.807) is 6.92 Å². The zero-order valence-corrected chi connectivity index (χ0v) is 16.6. The van der Waals surface area contributed by atoms with Crippen molar-refractivity contribution in [2.24, 2.45) is 10.4 Å². The number of hydrogen-bond acceptors (Lipinski definition) is 7. The van der Waals surface area contributed by atoms with Crippen LogP contribution in [0.1, 0.15) is 52.4 Å². The largest absolute Gasteiger partial charge is 0.452 e. The van der Waals surface area contributed by atoms with Gasteiger partial charge in [0, 0.05) is 18.6 Å². The van der Waals surface area contributed by atoms with Gasteiger partial charge in [0.1, 0.15) is 12.5 Å². The maximum atomic E-state index is 12.2. The number of aliphatic imine (C=N–C) groups is 1. The lowest BCUT2D eigenvalue weighted by Crippen LogP contribution is -2.30. The SMILES string of the molecule is C=CC(=O)O/C=C/OC=NC1CCCC(C)(CCC(=O)C(C)OC(=O)C=C)C1. The first-order valence-electron chi connectivity index (χ1n) is 9.30. The van der Waals surface area contributed by atoms with Gasteiger partial charge in [0.15, 0.2) is 18.3 Å². The molecule has 7 heteroatoms. The van der Waals surface area contributed by atoms with Gasteiger partial charge in [-0.1, -0.05) is 26.5 Å². The van der Waals surface area contributed by atoms with Crippen LogP contribution in [0.25, 0.3) is 0 Å². The molecule has 0 saturated heterocycles. The maximum Gasteiger partial charge on any atom is 0.335 e. The maximum absolute atomic E-state index is 12.2. The van der Waals surface area contributed by atoms with Crippen molar-refractivity contribution in [1.29, 1.82) is 0 Å². The second-order valence-electron chi connectivity index (χ2n) is 7.11. The standard InChI is InChI=1S/C21H29NO6/c1-5-19(24)27-13-12-26-15-22-17-8-7-10-21(4,14-17)11-9-18(23)16(3)28-20(25)6-2/h5-6,12-13,15-17H,1-2,7-11,14H2,3-4H3/b13-12+,22-15?. The van der Waals surface area contributed by atoms with E-state index in [1.165, 1.54) is 12.7 Å². The van der Waals surface area contributed by atoms with E-state index < -0.39 is 18.0 Å². The van der Waals surface area contributed by atoms with Gasteiger partial charge in [-0.25, -0.2) is 9.59 Å². The van der Waals surface area contributed by atoms with Crippen LogP contribution in [0.3, 0.4) is 0 Å². The molecule has 3 unspecified atom stereocenters. The van der Waals surface area contributed by atoms with Crippen LogP contribution in [-0.2, 0) is 28.6 Å². The van der Waals surface area contributed by atoms with Crippen LogP contribution in [0, 0.1) is 5.41 Å². The van der Waals surface area contributed by atoms with Crippen molar-refractivity contribution in [3.63, 3.8) is 0 Å². The molecule has 1 saturated carbocycles. The highest BCUT2D eigenvalue weighted by Crippen LogP contribution is 2.41. The number of ether oxygens (including phenoxy) is 3. The molecule has 0 spiro atoms. The van der Waals surface area contributed by atoms with E-state index in [2.05, 4.69) is 29.8 Å². The van der Waals surface area contributed by atoms with Crippen molar-refractivity contribution >= 4 is 24.1 Å². The van der Waals surface area contributed by atoms with Gasteiger partial charge < -0.3 is 14.2 Å². The van der Waals surface area contributed by atoms with Crippen molar-refractivity contribution in [2.45, 2.75) is 64.5 Å². The van der Waals surface area contributed by atoms with Crippen LogP contribution in [0.4, 0.5) is 0 Å². The molecule has 0 aromatic heterocycles. The highest BCUT2D eigenvalue weighted by molar-refractivity contribution is 5.88. The number of ketones is 1. The summed E-state index contributed by atoms with van der Waals surface area (Å²) in [4.78, 5) is 38.6. The molecule has 0 aromatic rings. The molecular weight excluding hydrogens is 362 g/mol. The van der Waals surface area contributed by atoms with Crippen LogP contribution in [-0.4, -0.2) is 36.3 Å². The van der Waals surface area contributed by atoms with E-state index in [0.29, 0.717) is 12.8 Å². The quantitative estimate of drug-likeness (QED) is 0.176. The fourth-order valence-electron chi connectivity index (χ4n) is 3.14. The van der Waals surface area contributed by atoms with Gasteiger partial charge >= 0.3 is 11.9 Å². The zero-order chi connectivity index (χ0) is 21.0. The zero-order valence-electron chi connectivity index (χ0n) is 16.6. The Morgan fingerprint density at radius 3 is 2.61 bits per heavy atom. The van der Waals surface area contributed by atoms with Crippen LogP contribution >= 0.6 is 0 Å². The minimum absolute atomic E-state index is 0.00654. The Bertz CT molecular complexity index is 639. The molecule has 3 atom stereocenters. The van der Waals surface area contributed by atoms with E-state index >= 15 is 0 Å². The lowest BCUT2D eigenvalue weighted by Gasteiger charge is -2.36. The summed E-state index contributed by atoms with van der Waals surface area (Å²) in [7, 11) is 0. The molecule has 1 rings (SSSR count). The summed E-state index contributed by atoms with van der Waals surface area (Å²) in [5.74, 6) is -1.25. The second-order valence-corrected chi connectivity index (χ2v) is 7.11. The predicted octanol–water partition coefficient (Wildman–Crippen LogP) is 3.65. The number of nitrogens with zero attached hydrogens (tertiary/aromatic N) is 1. The van der Waals surface area contributed by atoms with Crippen LogP contribution < -0.4 is 0 Å². The van der Waals surface area contributed by atoms with Crippen molar-refractivity contribution in [1.82, 2.24) is 0 Å². The van der Waals surface area contributed by atoms with Crippen LogP contribution in [0.2, 0.25) is 0 Å². The Hall–Kier alpha value is -2.70. The summed E-state index contributed by atoms with van der Waals surface area (Å²) in [6.07, 6.45) is 9.90. The fourth-order valence-corrected chi connectivity index (χ4v) is 3.14. The molecule has 154 valence electrons. The summed E-state index contributed by atoms with van der Waals surface area (Å²) >= 11 is 0. The van der Waals surface area contributed by atoms with Crippen LogP contribution in [0.15, 0.2) is 42.8 Å². The van der Waals surface area contributed by atoms with Gasteiger partial charge in [0.2, 0.25) is 0 Å². The van der Waals surface area contributed by atoms with E-state index in [-0.39, 0.29) is 17.2 Å². The Morgan fingerprint density at radius 1 is 1.21 bits per heavy atom. The van der Waals surface area contributed by atoms with Crippen molar-refractivity contribution in [3.8, 4) is 0 Å². The highest BCUT2D eigenvalue weighted by Gasteiger charge is 2.33. The summed E-state index contributed by atoms with van der Waals surface area (Å²) in [6.45, 7) is 10.3. The minimum atomic E-state index is -0.762. The number of hydrogen-bond donors (Lipinski definition) is 0. The normalized spacial score (nSPS) is 23.1. The van der Waals surface area contributed by atoms with E-state index in [4.69, 9.17) is 9.47 Å². The van der Waals surface area contributed by atoms with Gasteiger partial charge in [0.05, 0.1) is 6.04 Å². The molecular formula is C21H29NO6. The lowest BCUT2D eigenvalue weighted by atomic mass is 9.70. The summed E-state index contributed by atoms with van der Waals surface area (Å²) < 4.78 is 14.7. The van der Waals surface area contributed by atoms with Gasteiger partial charge in [0.25, 0.3) is 0 Å².